The van der Waals surface area contributed by atoms with Gasteiger partial charge in [-0.1, -0.05) is 20.3 Å². The van der Waals surface area contributed by atoms with E-state index >= 15 is 0 Å². The zero-order valence-corrected chi connectivity index (χ0v) is 11.5. The summed E-state index contributed by atoms with van der Waals surface area (Å²) in [7, 11) is 0. The van der Waals surface area contributed by atoms with Crippen LogP contribution >= 0.6 is 0 Å². The molecule has 1 saturated carbocycles. The van der Waals surface area contributed by atoms with Gasteiger partial charge in [0, 0.05) is 31.6 Å². The van der Waals surface area contributed by atoms with E-state index in [2.05, 4.69) is 26.1 Å². The Bertz CT molecular complexity index is 288. The molecule has 0 aromatic heterocycles. The van der Waals surface area contributed by atoms with Gasteiger partial charge in [0.25, 0.3) is 0 Å². The second-order valence-corrected chi connectivity index (χ2v) is 6.44. The SMILES string of the molecule is CC(CN1CCCC1=O)NC1CCCC1(C)C. The number of likely N-dealkylation sites (tertiary alicyclic amines) is 1. The highest BCUT2D eigenvalue weighted by molar-refractivity contribution is 5.78. The molecule has 17 heavy (non-hydrogen) atoms. The first-order valence-corrected chi connectivity index (χ1v) is 7.03. The molecule has 2 aliphatic rings. The molecule has 2 rings (SSSR count). The lowest BCUT2D eigenvalue weighted by Gasteiger charge is -2.32. The van der Waals surface area contributed by atoms with Crippen LogP contribution in [0.25, 0.3) is 0 Å². The van der Waals surface area contributed by atoms with Gasteiger partial charge in [0.15, 0.2) is 0 Å². The molecule has 1 N–H and O–H groups in total. The fourth-order valence-corrected chi connectivity index (χ4v) is 3.26. The average molecular weight is 238 g/mol. The van der Waals surface area contributed by atoms with Crippen molar-refractivity contribution in [1.29, 1.82) is 0 Å². The summed E-state index contributed by atoms with van der Waals surface area (Å²) in [5.74, 6) is 0.337. The first kappa shape index (κ1) is 12.9. The van der Waals surface area contributed by atoms with Crippen LogP contribution in [0.1, 0.15) is 52.9 Å². The molecule has 3 heteroatoms. The van der Waals surface area contributed by atoms with E-state index < -0.39 is 0 Å². The number of nitrogens with one attached hydrogen (secondary N) is 1. The van der Waals surface area contributed by atoms with Gasteiger partial charge in [-0.3, -0.25) is 4.79 Å². The van der Waals surface area contributed by atoms with Crippen molar-refractivity contribution in [2.45, 2.75) is 65.0 Å². The Labute approximate surface area is 105 Å². The highest BCUT2D eigenvalue weighted by Gasteiger charge is 2.35. The fraction of sp³-hybridized carbons (Fsp3) is 0.929. The third-order valence-electron chi connectivity index (χ3n) is 4.41. The van der Waals surface area contributed by atoms with Crippen LogP contribution in [-0.4, -0.2) is 36.0 Å². The van der Waals surface area contributed by atoms with Crippen LogP contribution in [0.2, 0.25) is 0 Å². The molecule has 2 atom stereocenters. The Morgan fingerprint density at radius 3 is 2.76 bits per heavy atom. The predicted molar refractivity (Wildman–Crippen MR) is 69.8 cm³/mol. The molecule has 2 fully saturated rings. The summed E-state index contributed by atoms with van der Waals surface area (Å²) < 4.78 is 0. The number of nitrogens with zero attached hydrogens (tertiary/aromatic N) is 1. The van der Waals surface area contributed by atoms with Gasteiger partial charge in [0.1, 0.15) is 0 Å². The number of hydrogen-bond donors (Lipinski definition) is 1. The summed E-state index contributed by atoms with van der Waals surface area (Å²) >= 11 is 0. The Balaban J connectivity index is 1.81. The predicted octanol–water partition coefficient (Wildman–Crippen LogP) is 2.17. The van der Waals surface area contributed by atoms with Crippen molar-refractivity contribution in [1.82, 2.24) is 10.2 Å². The second kappa shape index (κ2) is 4.97. The van der Waals surface area contributed by atoms with Crippen LogP contribution in [0.15, 0.2) is 0 Å². The van der Waals surface area contributed by atoms with Crippen LogP contribution in [-0.2, 0) is 4.79 Å². The van der Waals surface area contributed by atoms with Crippen molar-refractivity contribution in [3.05, 3.63) is 0 Å². The third kappa shape index (κ3) is 3.01. The maximum atomic E-state index is 11.6. The van der Waals surface area contributed by atoms with Crippen molar-refractivity contribution in [3.63, 3.8) is 0 Å². The van der Waals surface area contributed by atoms with Crippen molar-refractivity contribution in [3.8, 4) is 0 Å². The van der Waals surface area contributed by atoms with Crippen LogP contribution in [0.5, 0.6) is 0 Å². The number of rotatable bonds is 4. The standard InChI is InChI=1S/C14H26N2O/c1-11(10-16-9-5-7-13(16)17)15-12-6-4-8-14(12,2)3/h11-12,15H,4-10H2,1-3H3. The summed E-state index contributed by atoms with van der Waals surface area (Å²) in [6.45, 7) is 8.75. The zero-order valence-electron chi connectivity index (χ0n) is 11.5. The maximum Gasteiger partial charge on any atom is 0.222 e. The smallest absolute Gasteiger partial charge is 0.222 e. The van der Waals surface area contributed by atoms with E-state index in [0.717, 1.165) is 25.9 Å². The largest absolute Gasteiger partial charge is 0.341 e. The van der Waals surface area contributed by atoms with Crippen molar-refractivity contribution < 1.29 is 4.79 Å². The number of hydrogen-bond acceptors (Lipinski definition) is 2. The van der Waals surface area contributed by atoms with Gasteiger partial charge in [-0.15, -0.1) is 0 Å². The normalized spacial score (nSPS) is 29.9. The fourth-order valence-electron chi connectivity index (χ4n) is 3.26. The highest BCUT2D eigenvalue weighted by Crippen LogP contribution is 2.37. The summed E-state index contributed by atoms with van der Waals surface area (Å²) in [6.07, 6.45) is 5.73. The quantitative estimate of drug-likeness (QED) is 0.814. The molecule has 0 aromatic rings. The molecule has 0 bridgehead atoms. The van der Waals surface area contributed by atoms with Crippen LogP contribution in [0.3, 0.4) is 0 Å². The van der Waals surface area contributed by atoms with Gasteiger partial charge in [-0.25, -0.2) is 0 Å². The lowest BCUT2D eigenvalue weighted by atomic mass is 9.87. The van der Waals surface area contributed by atoms with Gasteiger partial charge in [-0.2, -0.15) is 0 Å². The van der Waals surface area contributed by atoms with Gasteiger partial charge < -0.3 is 10.2 Å². The minimum absolute atomic E-state index is 0.337. The Kier molecular flexibility index (Phi) is 3.76. The minimum Gasteiger partial charge on any atom is -0.341 e. The molecule has 98 valence electrons. The summed E-state index contributed by atoms with van der Waals surface area (Å²) in [5.41, 5.74) is 0.420. The van der Waals surface area contributed by atoms with E-state index in [1.807, 2.05) is 4.90 Å². The van der Waals surface area contributed by atoms with Crippen LogP contribution in [0, 0.1) is 5.41 Å². The van der Waals surface area contributed by atoms with E-state index in [9.17, 15) is 4.79 Å². The molecule has 1 heterocycles. The Morgan fingerprint density at radius 1 is 1.47 bits per heavy atom. The van der Waals surface area contributed by atoms with Crippen LogP contribution < -0.4 is 5.32 Å². The first-order valence-electron chi connectivity index (χ1n) is 7.03. The van der Waals surface area contributed by atoms with Crippen molar-refractivity contribution in [2.75, 3.05) is 13.1 Å². The van der Waals surface area contributed by atoms with Gasteiger partial charge in [-0.05, 0) is 31.6 Å². The van der Waals surface area contributed by atoms with Crippen molar-refractivity contribution in [2.24, 2.45) is 5.41 Å². The molecule has 1 aliphatic carbocycles. The first-order chi connectivity index (χ1) is 7.99. The number of carbonyl (C=O) groups excluding carboxylic acids is 1. The van der Waals surface area contributed by atoms with Crippen molar-refractivity contribution >= 4 is 5.91 Å². The topological polar surface area (TPSA) is 32.3 Å². The molecule has 1 amide bonds. The van der Waals surface area contributed by atoms with E-state index in [4.69, 9.17) is 0 Å². The molecule has 0 aromatic carbocycles. The van der Waals surface area contributed by atoms with Gasteiger partial charge in [0.2, 0.25) is 5.91 Å². The molecular weight excluding hydrogens is 212 g/mol. The Morgan fingerprint density at radius 2 is 2.24 bits per heavy atom. The van der Waals surface area contributed by atoms with Gasteiger partial charge >= 0.3 is 0 Å². The molecule has 2 unspecified atom stereocenters. The molecule has 3 nitrogen and oxygen atoms in total. The summed E-state index contributed by atoms with van der Waals surface area (Å²) in [4.78, 5) is 13.6. The van der Waals surface area contributed by atoms with Gasteiger partial charge in [0.05, 0.1) is 0 Å². The molecular formula is C14H26N2O. The molecule has 0 radical (unpaired) electrons. The Hall–Kier alpha value is -0.570. The maximum absolute atomic E-state index is 11.6. The second-order valence-electron chi connectivity index (χ2n) is 6.44. The van der Waals surface area contributed by atoms with E-state index in [-0.39, 0.29) is 0 Å². The molecule has 0 spiro atoms. The average Bonchev–Trinajstić information content (AvgIpc) is 2.75. The zero-order chi connectivity index (χ0) is 12.5. The van der Waals surface area contributed by atoms with Crippen LogP contribution in [0.4, 0.5) is 0 Å². The highest BCUT2D eigenvalue weighted by atomic mass is 16.2. The summed E-state index contributed by atoms with van der Waals surface area (Å²) in [5, 5.41) is 3.72. The van der Waals surface area contributed by atoms with E-state index in [0.29, 0.717) is 23.4 Å². The van der Waals surface area contributed by atoms with E-state index in [1.165, 1.54) is 19.3 Å². The number of amides is 1. The summed E-state index contributed by atoms with van der Waals surface area (Å²) in [6, 6.07) is 1.04. The van der Waals surface area contributed by atoms with E-state index in [1.54, 1.807) is 0 Å². The monoisotopic (exact) mass is 238 g/mol. The molecule has 1 saturated heterocycles. The lowest BCUT2D eigenvalue weighted by Crippen LogP contribution is -2.47. The minimum atomic E-state index is 0.337. The third-order valence-corrected chi connectivity index (χ3v) is 4.41. The lowest BCUT2D eigenvalue weighted by molar-refractivity contribution is -0.128. The number of carbonyl (C=O) groups is 1. The molecule has 1 aliphatic heterocycles.